The lowest BCUT2D eigenvalue weighted by Crippen LogP contribution is -2.55. The lowest BCUT2D eigenvalue weighted by Gasteiger charge is -2.34. The van der Waals surface area contributed by atoms with Gasteiger partial charge in [-0.3, -0.25) is 4.79 Å². The second kappa shape index (κ2) is 8.03. The number of nitrogens with zero attached hydrogens (tertiary/aromatic N) is 3. The highest BCUT2D eigenvalue weighted by Crippen LogP contribution is 2.30. The van der Waals surface area contributed by atoms with Crippen molar-refractivity contribution in [3.05, 3.63) is 40.4 Å². The standard InChI is InChI=1S/C15H20Cl2N4O3S/c1-11(12-5-4-6-13(16)14(12)17)15(22)20-7-9-21(10-8-20)25(23,24)18-19(2)3/h4-6,18H,1,7-10H2,2-3H3. The van der Waals surface area contributed by atoms with Crippen molar-refractivity contribution in [2.45, 2.75) is 0 Å². The van der Waals surface area contributed by atoms with Gasteiger partial charge in [-0.05, 0) is 6.07 Å². The highest BCUT2D eigenvalue weighted by atomic mass is 35.5. The molecule has 0 radical (unpaired) electrons. The monoisotopic (exact) mass is 406 g/mol. The number of piperazine rings is 1. The first-order chi connectivity index (χ1) is 11.6. The van der Waals surface area contributed by atoms with Gasteiger partial charge in [0.2, 0.25) is 0 Å². The predicted molar refractivity (Wildman–Crippen MR) is 99.4 cm³/mol. The summed E-state index contributed by atoms with van der Waals surface area (Å²) in [5.74, 6) is -0.290. The van der Waals surface area contributed by atoms with Crippen LogP contribution in [0.15, 0.2) is 24.8 Å². The molecule has 1 heterocycles. The predicted octanol–water partition coefficient (Wildman–Crippen LogP) is 1.46. The molecule has 7 nitrogen and oxygen atoms in total. The number of halogens is 2. The molecule has 0 aromatic heterocycles. The lowest BCUT2D eigenvalue weighted by atomic mass is 10.1. The van der Waals surface area contributed by atoms with E-state index in [0.717, 1.165) is 0 Å². The van der Waals surface area contributed by atoms with Gasteiger partial charge in [0, 0.05) is 51.4 Å². The number of benzene rings is 1. The number of carbonyl (C=O) groups is 1. The summed E-state index contributed by atoms with van der Waals surface area (Å²) in [5.41, 5.74) is 0.707. The summed E-state index contributed by atoms with van der Waals surface area (Å²) >= 11 is 12.1. The Kier molecular flexibility index (Phi) is 6.47. The smallest absolute Gasteiger partial charge is 0.292 e. The summed E-state index contributed by atoms with van der Waals surface area (Å²) in [7, 11) is -0.420. The van der Waals surface area contributed by atoms with E-state index in [1.807, 2.05) is 0 Å². The van der Waals surface area contributed by atoms with Crippen molar-refractivity contribution in [2.75, 3.05) is 40.3 Å². The zero-order valence-electron chi connectivity index (χ0n) is 14.0. The molecule has 1 aliphatic heterocycles. The molecule has 1 amide bonds. The lowest BCUT2D eigenvalue weighted by molar-refractivity contribution is -0.126. The second-order valence-corrected chi connectivity index (χ2v) is 8.20. The summed E-state index contributed by atoms with van der Waals surface area (Å²) in [5, 5.41) is 1.98. The molecule has 0 bridgehead atoms. The minimum Gasteiger partial charge on any atom is -0.336 e. The molecule has 1 saturated heterocycles. The van der Waals surface area contributed by atoms with Gasteiger partial charge in [0.05, 0.1) is 10.0 Å². The summed E-state index contributed by atoms with van der Waals surface area (Å²) < 4.78 is 25.6. The highest BCUT2D eigenvalue weighted by molar-refractivity contribution is 7.87. The molecule has 0 atom stereocenters. The van der Waals surface area contributed by atoms with Crippen molar-refractivity contribution in [2.24, 2.45) is 0 Å². The van der Waals surface area contributed by atoms with Crippen LogP contribution in [-0.4, -0.2) is 68.8 Å². The van der Waals surface area contributed by atoms with E-state index in [1.54, 1.807) is 37.2 Å². The highest BCUT2D eigenvalue weighted by Gasteiger charge is 2.30. The van der Waals surface area contributed by atoms with E-state index in [2.05, 4.69) is 11.4 Å². The molecule has 138 valence electrons. The summed E-state index contributed by atoms with van der Waals surface area (Å²) in [6.45, 7) is 4.76. The van der Waals surface area contributed by atoms with E-state index in [0.29, 0.717) is 10.6 Å². The SMILES string of the molecule is C=C(C(=O)N1CCN(S(=O)(=O)NN(C)C)CC1)c1cccc(Cl)c1Cl. The number of hydrazine groups is 1. The molecule has 0 aliphatic carbocycles. The van der Waals surface area contributed by atoms with E-state index in [-0.39, 0.29) is 42.7 Å². The molecule has 1 fully saturated rings. The Morgan fingerprint density at radius 3 is 2.36 bits per heavy atom. The molecule has 10 heteroatoms. The molecule has 1 aliphatic rings. The van der Waals surface area contributed by atoms with Crippen LogP contribution in [0, 0.1) is 0 Å². The normalized spacial score (nSPS) is 16.3. The van der Waals surface area contributed by atoms with Gasteiger partial charge < -0.3 is 4.90 Å². The van der Waals surface area contributed by atoms with Gasteiger partial charge in [-0.2, -0.15) is 12.7 Å². The second-order valence-electron chi connectivity index (χ2n) is 5.76. The van der Waals surface area contributed by atoms with Crippen LogP contribution in [0.1, 0.15) is 5.56 Å². The maximum Gasteiger partial charge on any atom is 0.292 e. The maximum absolute atomic E-state index is 12.6. The van der Waals surface area contributed by atoms with Crippen molar-refractivity contribution in [3.63, 3.8) is 0 Å². The number of carbonyl (C=O) groups excluding carboxylic acids is 1. The minimum absolute atomic E-state index is 0.200. The Labute approximate surface area is 157 Å². The van der Waals surface area contributed by atoms with Crippen molar-refractivity contribution in [1.29, 1.82) is 0 Å². The topological polar surface area (TPSA) is 73.0 Å². The van der Waals surface area contributed by atoms with Crippen molar-refractivity contribution in [3.8, 4) is 0 Å². The fourth-order valence-corrected chi connectivity index (χ4v) is 4.10. The first-order valence-corrected chi connectivity index (χ1v) is 9.70. The van der Waals surface area contributed by atoms with Gasteiger partial charge in [0.25, 0.3) is 16.1 Å². The summed E-state index contributed by atoms with van der Waals surface area (Å²) in [6.07, 6.45) is 0. The van der Waals surface area contributed by atoms with Crippen LogP contribution >= 0.6 is 23.2 Å². The zero-order chi connectivity index (χ0) is 18.8. The molecular weight excluding hydrogens is 387 g/mol. The van der Waals surface area contributed by atoms with E-state index >= 15 is 0 Å². The minimum atomic E-state index is -3.61. The van der Waals surface area contributed by atoms with Crippen molar-refractivity contribution in [1.82, 2.24) is 19.0 Å². The largest absolute Gasteiger partial charge is 0.336 e. The summed E-state index contributed by atoms with van der Waals surface area (Å²) in [6, 6.07) is 5.00. The molecular formula is C15H20Cl2N4O3S. The van der Waals surface area contributed by atoms with Crippen LogP contribution in [0.4, 0.5) is 0 Å². The Hall–Kier alpha value is -1.16. The van der Waals surface area contributed by atoms with Crippen LogP contribution in [0.25, 0.3) is 5.57 Å². The summed E-state index contributed by atoms with van der Waals surface area (Å²) in [4.78, 5) is 16.6. The molecule has 0 spiro atoms. The number of amides is 1. The molecule has 2 rings (SSSR count). The van der Waals surface area contributed by atoms with Gasteiger partial charge in [0.1, 0.15) is 0 Å². The average molecular weight is 407 g/mol. The Bertz CT molecular complexity index is 775. The van der Waals surface area contributed by atoms with Crippen LogP contribution < -0.4 is 4.83 Å². The fraction of sp³-hybridized carbons (Fsp3) is 0.400. The molecule has 1 aromatic carbocycles. The Morgan fingerprint density at radius 2 is 1.80 bits per heavy atom. The number of hydrogen-bond donors (Lipinski definition) is 1. The molecule has 1 aromatic rings. The number of nitrogens with one attached hydrogen (secondary N) is 1. The van der Waals surface area contributed by atoms with Gasteiger partial charge in [-0.15, -0.1) is 4.83 Å². The van der Waals surface area contributed by atoms with Gasteiger partial charge >= 0.3 is 0 Å². The van der Waals surface area contributed by atoms with E-state index < -0.39 is 10.2 Å². The molecule has 0 unspecified atom stereocenters. The zero-order valence-corrected chi connectivity index (χ0v) is 16.3. The van der Waals surface area contributed by atoms with Crippen molar-refractivity contribution < 1.29 is 13.2 Å². The fourth-order valence-electron chi connectivity index (χ4n) is 2.46. The Morgan fingerprint density at radius 1 is 1.20 bits per heavy atom. The molecule has 1 N–H and O–H groups in total. The van der Waals surface area contributed by atoms with Gasteiger partial charge in [0.15, 0.2) is 0 Å². The number of rotatable bonds is 5. The molecule has 25 heavy (non-hydrogen) atoms. The van der Waals surface area contributed by atoms with Crippen LogP contribution in [-0.2, 0) is 15.0 Å². The van der Waals surface area contributed by atoms with Gasteiger partial charge in [-0.1, -0.05) is 41.9 Å². The van der Waals surface area contributed by atoms with Crippen LogP contribution in [0.2, 0.25) is 10.0 Å². The average Bonchev–Trinajstić information content (AvgIpc) is 2.55. The van der Waals surface area contributed by atoms with E-state index in [4.69, 9.17) is 23.2 Å². The number of hydrogen-bond acceptors (Lipinski definition) is 4. The van der Waals surface area contributed by atoms with Crippen LogP contribution in [0.3, 0.4) is 0 Å². The van der Waals surface area contributed by atoms with Gasteiger partial charge in [-0.25, -0.2) is 5.01 Å². The maximum atomic E-state index is 12.6. The quantitative estimate of drug-likeness (QED) is 0.593. The van der Waals surface area contributed by atoms with Crippen molar-refractivity contribution >= 4 is 44.9 Å². The third-order valence-electron chi connectivity index (χ3n) is 3.70. The molecule has 0 saturated carbocycles. The first-order valence-electron chi connectivity index (χ1n) is 7.51. The van der Waals surface area contributed by atoms with Crippen LogP contribution in [0.5, 0.6) is 0 Å². The van der Waals surface area contributed by atoms with E-state index in [9.17, 15) is 13.2 Å². The Balaban J connectivity index is 2.04. The third kappa shape index (κ3) is 4.72. The first kappa shape index (κ1) is 20.2. The third-order valence-corrected chi connectivity index (χ3v) is 6.16. The van der Waals surface area contributed by atoms with E-state index in [1.165, 1.54) is 9.31 Å².